The summed E-state index contributed by atoms with van der Waals surface area (Å²) >= 11 is 1.71. The predicted octanol–water partition coefficient (Wildman–Crippen LogP) is 5.55. The molecule has 5 heteroatoms. The lowest BCUT2D eigenvalue weighted by Crippen LogP contribution is -2.45. The normalized spacial score (nSPS) is 18.9. The molecule has 5 rings (SSSR count). The van der Waals surface area contributed by atoms with Crippen molar-refractivity contribution in [2.75, 3.05) is 13.7 Å². The molecule has 0 amide bonds. The molecule has 3 aromatic carbocycles. The zero-order chi connectivity index (χ0) is 21.0. The van der Waals surface area contributed by atoms with Crippen LogP contribution < -0.4 is 15.4 Å². The number of benzene rings is 3. The minimum atomic E-state index is 0.327. The molecule has 0 unspecified atom stereocenters. The molecule has 2 heterocycles. The van der Waals surface area contributed by atoms with Crippen LogP contribution in [-0.2, 0) is 6.54 Å². The van der Waals surface area contributed by atoms with Crippen molar-refractivity contribution >= 4 is 21.6 Å². The molecule has 1 aliphatic heterocycles. The van der Waals surface area contributed by atoms with Crippen molar-refractivity contribution in [1.29, 1.82) is 0 Å². The Kier molecular flexibility index (Phi) is 5.98. The molecule has 31 heavy (non-hydrogen) atoms. The molecule has 4 nitrogen and oxygen atoms in total. The van der Waals surface area contributed by atoms with Gasteiger partial charge in [-0.25, -0.2) is 4.98 Å². The Bertz CT molecular complexity index is 1140. The van der Waals surface area contributed by atoms with E-state index in [2.05, 4.69) is 77.4 Å². The van der Waals surface area contributed by atoms with Gasteiger partial charge in [-0.05, 0) is 37.1 Å². The average Bonchev–Trinajstić information content (AvgIpc) is 3.26. The van der Waals surface area contributed by atoms with Gasteiger partial charge in [-0.15, -0.1) is 11.3 Å². The number of piperidine rings is 1. The number of aromatic nitrogens is 1. The number of hydrogen-bond donors (Lipinski definition) is 2. The van der Waals surface area contributed by atoms with Crippen molar-refractivity contribution in [2.24, 2.45) is 0 Å². The molecule has 2 atom stereocenters. The first-order valence-corrected chi connectivity index (χ1v) is 11.7. The molecule has 1 saturated heterocycles. The second kappa shape index (κ2) is 9.18. The van der Waals surface area contributed by atoms with Crippen LogP contribution in [0, 0.1) is 0 Å². The van der Waals surface area contributed by atoms with Gasteiger partial charge in [0.05, 0.1) is 17.3 Å². The number of fused-ring (bicyclic) bond motifs is 1. The Labute approximate surface area is 187 Å². The fourth-order valence-corrected chi connectivity index (χ4v) is 5.37. The number of rotatable bonds is 6. The van der Waals surface area contributed by atoms with E-state index in [1.807, 2.05) is 6.07 Å². The summed E-state index contributed by atoms with van der Waals surface area (Å²) in [6.07, 6.45) is 2.34. The van der Waals surface area contributed by atoms with E-state index >= 15 is 0 Å². The maximum atomic E-state index is 5.74. The Hall–Kier alpha value is -2.73. The van der Waals surface area contributed by atoms with Crippen LogP contribution in [0.3, 0.4) is 0 Å². The first kappa shape index (κ1) is 20.2. The van der Waals surface area contributed by atoms with E-state index in [0.717, 1.165) is 51.6 Å². The van der Waals surface area contributed by atoms with Gasteiger partial charge in [0.1, 0.15) is 10.8 Å². The van der Waals surface area contributed by atoms with Crippen LogP contribution in [0.4, 0.5) is 0 Å². The average molecular weight is 430 g/mol. The van der Waals surface area contributed by atoms with Gasteiger partial charge < -0.3 is 15.4 Å². The predicted molar refractivity (Wildman–Crippen MR) is 129 cm³/mol. The second-order valence-corrected chi connectivity index (χ2v) is 9.02. The minimum absolute atomic E-state index is 0.327. The number of thiazole rings is 1. The molecule has 1 aliphatic rings. The van der Waals surface area contributed by atoms with E-state index in [4.69, 9.17) is 9.72 Å². The van der Waals surface area contributed by atoms with Crippen LogP contribution in [0.5, 0.6) is 5.75 Å². The number of methoxy groups -OCH3 is 1. The summed E-state index contributed by atoms with van der Waals surface area (Å²) in [7, 11) is 1.75. The van der Waals surface area contributed by atoms with E-state index in [1.54, 1.807) is 18.4 Å². The summed E-state index contributed by atoms with van der Waals surface area (Å²) in [5.41, 5.74) is 4.68. The molecule has 1 aromatic heterocycles. The fraction of sp³-hybridized carbons (Fsp3) is 0.269. The lowest BCUT2D eigenvalue weighted by Gasteiger charge is -2.34. The third kappa shape index (κ3) is 4.35. The number of nitrogens with zero attached hydrogens (tertiary/aromatic N) is 1. The van der Waals surface area contributed by atoms with Crippen LogP contribution in [-0.4, -0.2) is 24.7 Å². The maximum absolute atomic E-state index is 5.74. The van der Waals surface area contributed by atoms with Crippen molar-refractivity contribution in [3.05, 3.63) is 83.9 Å². The topological polar surface area (TPSA) is 46.2 Å². The van der Waals surface area contributed by atoms with E-state index < -0.39 is 0 Å². The second-order valence-electron chi connectivity index (χ2n) is 7.99. The first-order chi connectivity index (χ1) is 15.3. The summed E-state index contributed by atoms with van der Waals surface area (Å²) in [6, 6.07) is 26.1. The Morgan fingerprint density at radius 2 is 1.84 bits per heavy atom. The molecule has 0 saturated carbocycles. The third-order valence-corrected chi connectivity index (χ3v) is 7.05. The van der Waals surface area contributed by atoms with Crippen molar-refractivity contribution in [3.63, 3.8) is 0 Å². The molecular formula is C26H27N3OS. The molecule has 2 N–H and O–H groups in total. The molecule has 4 aromatic rings. The van der Waals surface area contributed by atoms with Crippen molar-refractivity contribution in [1.82, 2.24) is 15.6 Å². The third-order valence-electron chi connectivity index (χ3n) is 5.98. The maximum Gasteiger partial charge on any atom is 0.124 e. The fourth-order valence-electron chi connectivity index (χ4n) is 4.39. The van der Waals surface area contributed by atoms with Gasteiger partial charge in [0.2, 0.25) is 0 Å². The van der Waals surface area contributed by atoms with E-state index in [-0.39, 0.29) is 0 Å². The van der Waals surface area contributed by atoms with E-state index in [1.165, 1.54) is 12.0 Å². The molecule has 158 valence electrons. The van der Waals surface area contributed by atoms with Crippen LogP contribution in [0.25, 0.3) is 20.8 Å². The smallest absolute Gasteiger partial charge is 0.124 e. The number of nitrogens with one attached hydrogen (secondary N) is 2. The summed E-state index contributed by atoms with van der Waals surface area (Å²) in [5, 5.41) is 8.54. The van der Waals surface area contributed by atoms with E-state index in [9.17, 15) is 0 Å². The molecule has 0 radical (unpaired) electrons. The van der Waals surface area contributed by atoms with Gasteiger partial charge >= 0.3 is 0 Å². The molecule has 0 aliphatic carbocycles. The van der Waals surface area contributed by atoms with Crippen LogP contribution >= 0.6 is 11.3 Å². The SMILES string of the molecule is COc1cc2sc(-c3ccccc3)nc2cc1CN[C@H]1CCCN[C@H]1c1ccccc1. The van der Waals surface area contributed by atoms with Crippen molar-refractivity contribution < 1.29 is 4.74 Å². The Balaban J connectivity index is 1.39. The monoisotopic (exact) mass is 429 g/mol. The first-order valence-electron chi connectivity index (χ1n) is 10.9. The van der Waals surface area contributed by atoms with Gasteiger partial charge in [-0.2, -0.15) is 0 Å². The highest BCUT2D eigenvalue weighted by Gasteiger charge is 2.26. The highest BCUT2D eigenvalue weighted by molar-refractivity contribution is 7.21. The minimum Gasteiger partial charge on any atom is -0.496 e. The van der Waals surface area contributed by atoms with Crippen molar-refractivity contribution in [2.45, 2.75) is 31.5 Å². The van der Waals surface area contributed by atoms with Gasteiger partial charge in [0.15, 0.2) is 0 Å². The largest absolute Gasteiger partial charge is 0.496 e. The zero-order valence-corrected chi connectivity index (χ0v) is 18.5. The van der Waals surface area contributed by atoms with Gasteiger partial charge in [-0.3, -0.25) is 0 Å². The van der Waals surface area contributed by atoms with E-state index in [0.29, 0.717) is 12.1 Å². The number of ether oxygens (including phenoxy) is 1. The number of hydrogen-bond acceptors (Lipinski definition) is 5. The lowest BCUT2D eigenvalue weighted by atomic mass is 9.92. The summed E-state index contributed by atoms with van der Waals surface area (Å²) in [5.74, 6) is 0.920. The van der Waals surface area contributed by atoms with Gasteiger partial charge in [0.25, 0.3) is 0 Å². The quantitative estimate of drug-likeness (QED) is 0.422. The van der Waals surface area contributed by atoms with Crippen LogP contribution in [0.2, 0.25) is 0 Å². The standard InChI is InChI=1S/C26H27N3OS/c1-30-23-16-24-22(29-26(31-24)19-11-6-3-7-12-19)15-20(23)17-28-21-13-8-14-27-25(21)18-9-4-2-5-10-18/h2-7,9-12,15-16,21,25,27-28H,8,13-14,17H2,1H3/t21-,25-/m0/s1. The molecule has 0 spiro atoms. The van der Waals surface area contributed by atoms with Gasteiger partial charge in [0, 0.05) is 29.8 Å². The zero-order valence-electron chi connectivity index (χ0n) is 17.7. The van der Waals surface area contributed by atoms with Gasteiger partial charge in [-0.1, -0.05) is 60.7 Å². The summed E-state index contributed by atoms with van der Waals surface area (Å²) in [6.45, 7) is 1.82. The van der Waals surface area contributed by atoms with Crippen LogP contribution in [0.1, 0.15) is 30.0 Å². The summed E-state index contributed by atoms with van der Waals surface area (Å²) in [4.78, 5) is 4.90. The van der Waals surface area contributed by atoms with Crippen LogP contribution in [0.15, 0.2) is 72.8 Å². The summed E-state index contributed by atoms with van der Waals surface area (Å²) < 4.78 is 6.90. The molecular weight excluding hydrogens is 402 g/mol. The molecule has 1 fully saturated rings. The highest BCUT2D eigenvalue weighted by atomic mass is 32.1. The Morgan fingerprint density at radius 1 is 1.06 bits per heavy atom. The Morgan fingerprint density at radius 3 is 2.61 bits per heavy atom. The van der Waals surface area contributed by atoms with Crippen molar-refractivity contribution in [3.8, 4) is 16.3 Å². The lowest BCUT2D eigenvalue weighted by molar-refractivity contribution is 0.303. The molecule has 0 bridgehead atoms. The highest BCUT2D eigenvalue weighted by Crippen LogP contribution is 2.34.